The van der Waals surface area contributed by atoms with Crippen LogP contribution in [-0.4, -0.2) is 43.9 Å². The van der Waals surface area contributed by atoms with Crippen molar-refractivity contribution in [1.29, 1.82) is 0 Å². The summed E-state index contributed by atoms with van der Waals surface area (Å²) in [6.45, 7) is 0.398. The lowest BCUT2D eigenvalue weighted by Gasteiger charge is -2.17. The fourth-order valence-corrected chi connectivity index (χ4v) is 2.33. The van der Waals surface area contributed by atoms with Crippen molar-refractivity contribution in [3.63, 3.8) is 0 Å². The minimum absolute atomic E-state index is 0.159. The number of hydrogen-bond donors (Lipinski definition) is 2. The molecule has 0 fully saturated rings. The maximum Gasteiger partial charge on any atom is 0.257 e. The van der Waals surface area contributed by atoms with E-state index in [9.17, 15) is 14.0 Å². The zero-order valence-corrected chi connectivity index (χ0v) is 14.8. The molecule has 2 rings (SSSR count). The first kappa shape index (κ1) is 19.4. The molecule has 0 saturated carbocycles. The van der Waals surface area contributed by atoms with Crippen LogP contribution in [0.3, 0.4) is 0 Å². The van der Waals surface area contributed by atoms with Gasteiger partial charge in [0.15, 0.2) is 0 Å². The Bertz CT molecular complexity index is 778. The normalized spacial score (nSPS) is 10.3. The molecule has 0 aliphatic carbocycles. The molecule has 0 saturated heterocycles. The Morgan fingerprint density at radius 2 is 1.81 bits per heavy atom. The van der Waals surface area contributed by atoms with Crippen LogP contribution >= 0.6 is 0 Å². The van der Waals surface area contributed by atoms with E-state index in [1.807, 2.05) is 12.1 Å². The van der Waals surface area contributed by atoms with Crippen molar-refractivity contribution in [1.82, 2.24) is 10.2 Å². The van der Waals surface area contributed by atoms with Crippen LogP contribution in [0, 0.1) is 5.82 Å². The molecule has 2 amide bonds. The van der Waals surface area contributed by atoms with E-state index in [-0.39, 0.29) is 18.0 Å². The quantitative estimate of drug-likeness (QED) is 0.791. The number of carbonyl (C=O) groups excluding carboxylic acids is 2. The molecule has 0 atom stereocenters. The van der Waals surface area contributed by atoms with Gasteiger partial charge in [0.25, 0.3) is 5.91 Å². The van der Waals surface area contributed by atoms with E-state index in [1.165, 1.54) is 32.3 Å². The molecule has 0 bridgehead atoms. The molecule has 138 valence electrons. The summed E-state index contributed by atoms with van der Waals surface area (Å²) < 4.78 is 19.8. The molecule has 0 unspecified atom stereocenters. The van der Waals surface area contributed by atoms with Gasteiger partial charge in [-0.15, -0.1) is 0 Å². The van der Waals surface area contributed by atoms with Gasteiger partial charge in [-0.05, 0) is 48.9 Å². The zero-order chi connectivity index (χ0) is 19.1. The average Bonchev–Trinajstić information content (AvgIpc) is 2.64. The number of amides is 2. The summed E-state index contributed by atoms with van der Waals surface area (Å²) in [6, 6.07) is 11.3. The molecule has 2 aromatic rings. The molecule has 0 aliphatic heterocycles. The lowest BCUT2D eigenvalue weighted by atomic mass is 10.1. The van der Waals surface area contributed by atoms with Gasteiger partial charge >= 0.3 is 0 Å². The van der Waals surface area contributed by atoms with Crippen LogP contribution in [-0.2, 0) is 11.2 Å². The summed E-state index contributed by atoms with van der Waals surface area (Å²) in [7, 11) is 2.90. The molecular formula is C19H22FN3O3. The van der Waals surface area contributed by atoms with E-state index in [0.717, 1.165) is 16.9 Å². The Hall–Kier alpha value is -2.93. The van der Waals surface area contributed by atoms with Crippen LogP contribution in [0.1, 0.15) is 15.9 Å². The van der Waals surface area contributed by atoms with Gasteiger partial charge in [-0.3, -0.25) is 9.59 Å². The van der Waals surface area contributed by atoms with Gasteiger partial charge in [-0.1, -0.05) is 12.1 Å². The van der Waals surface area contributed by atoms with Gasteiger partial charge in [0.1, 0.15) is 17.3 Å². The van der Waals surface area contributed by atoms with Crippen molar-refractivity contribution in [2.75, 3.05) is 27.2 Å². The van der Waals surface area contributed by atoms with Crippen LogP contribution in [0.4, 0.5) is 4.39 Å². The van der Waals surface area contributed by atoms with E-state index in [4.69, 9.17) is 10.5 Å². The number of nitrogens with zero attached hydrogens (tertiary/aromatic N) is 1. The lowest BCUT2D eigenvalue weighted by molar-refractivity contribution is -0.121. The molecule has 0 aromatic heterocycles. The number of carbonyl (C=O) groups is 2. The van der Waals surface area contributed by atoms with Crippen LogP contribution in [0.5, 0.6) is 11.5 Å². The van der Waals surface area contributed by atoms with Crippen molar-refractivity contribution < 1.29 is 18.7 Å². The number of hydrogen-bond acceptors (Lipinski definition) is 4. The summed E-state index contributed by atoms with van der Waals surface area (Å²) in [5, 5.41) is 2.42. The smallest absolute Gasteiger partial charge is 0.257 e. The van der Waals surface area contributed by atoms with E-state index in [2.05, 4.69) is 5.32 Å². The highest BCUT2D eigenvalue weighted by molar-refractivity contribution is 5.96. The average molecular weight is 359 g/mol. The lowest BCUT2D eigenvalue weighted by Crippen LogP contribution is -2.37. The van der Waals surface area contributed by atoms with Crippen LogP contribution < -0.4 is 15.8 Å². The van der Waals surface area contributed by atoms with Gasteiger partial charge in [0, 0.05) is 14.1 Å². The molecule has 0 heterocycles. The molecular weight excluding hydrogens is 337 g/mol. The number of rotatable bonds is 7. The van der Waals surface area contributed by atoms with Gasteiger partial charge < -0.3 is 20.7 Å². The number of nitrogens with two attached hydrogens (primary N) is 1. The number of benzene rings is 2. The summed E-state index contributed by atoms with van der Waals surface area (Å²) in [5.74, 6) is -0.727. The Balaban J connectivity index is 2.15. The highest BCUT2D eigenvalue weighted by atomic mass is 19.1. The Labute approximate surface area is 151 Å². The van der Waals surface area contributed by atoms with Crippen molar-refractivity contribution in [3.05, 3.63) is 59.4 Å². The Kier molecular flexibility index (Phi) is 6.68. The Morgan fingerprint density at radius 3 is 2.42 bits per heavy atom. The fraction of sp³-hybridized carbons (Fsp3) is 0.263. The second-order valence-corrected chi connectivity index (χ2v) is 5.76. The molecule has 26 heavy (non-hydrogen) atoms. The highest BCUT2D eigenvalue weighted by Gasteiger charge is 2.19. The molecule has 0 spiro atoms. The number of likely N-dealkylation sites (N-methyl/N-ethyl adjacent to an activating group) is 2. The largest absolute Gasteiger partial charge is 0.457 e. The predicted molar refractivity (Wildman–Crippen MR) is 96.7 cm³/mol. The number of ether oxygens (including phenoxy) is 1. The molecule has 0 aliphatic rings. The second-order valence-electron chi connectivity index (χ2n) is 5.76. The van der Waals surface area contributed by atoms with Crippen molar-refractivity contribution in [3.8, 4) is 11.5 Å². The van der Waals surface area contributed by atoms with Crippen molar-refractivity contribution in [2.45, 2.75) is 6.42 Å². The zero-order valence-electron chi connectivity index (χ0n) is 14.8. The predicted octanol–water partition coefficient (Wildman–Crippen LogP) is 1.94. The first-order valence-corrected chi connectivity index (χ1v) is 8.17. The molecule has 6 nitrogen and oxygen atoms in total. The maximum atomic E-state index is 14.1. The molecule has 0 radical (unpaired) electrons. The fourth-order valence-electron chi connectivity index (χ4n) is 2.33. The van der Waals surface area contributed by atoms with E-state index >= 15 is 0 Å². The third kappa shape index (κ3) is 5.03. The third-order valence-corrected chi connectivity index (χ3v) is 3.77. The van der Waals surface area contributed by atoms with Gasteiger partial charge in [-0.25, -0.2) is 4.39 Å². The van der Waals surface area contributed by atoms with E-state index in [1.54, 1.807) is 12.1 Å². The monoisotopic (exact) mass is 359 g/mol. The molecule has 2 aromatic carbocycles. The Morgan fingerprint density at radius 1 is 1.15 bits per heavy atom. The van der Waals surface area contributed by atoms with Crippen LogP contribution in [0.15, 0.2) is 42.5 Å². The summed E-state index contributed by atoms with van der Waals surface area (Å²) in [6.07, 6.45) is 0.771. The standard InChI is InChI=1S/C19H22FN3O3/c1-22-18(24)12-23(2)19(25)16-11-15(7-8-17(16)20)26-14-5-3-13(4-6-14)9-10-21/h3-8,11H,9-10,12,21H2,1-2H3,(H,22,24). The van der Waals surface area contributed by atoms with Crippen LogP contribution in [0.2, 0.25) is 0 Å². The topological polar surface area (TPSA) is 84.7 Å². The van der Waals surface area contributed by atoms with Crippen LogP contribution in [0.25, 0.3) is 0 Å². The second kappa shape index (κ2) is 8.96. The minimum atomic E-state index is -0.676. The minimum Gasteiger partial charge on any atom is -0.457 e. The van der Waals surface area contributed by atoms with Gasteiger partial charge in [0.2, 0.25) is 5.91 Å². The SMILES string of the molecule is CNC(=O)CN(C)C(=O)c1cc(Oc2ccc(CCN)cc2)ccc1F. The number of nitrogens with one attached hydrogen (secondary N) is 1. The molecule has 3 N–H and O–H groups in total. The first-order chi connectivity index (χ1) is 12.4. The van der Waals surface area contributed by atoms with E-state index in [0.29, 0.717) is 18.0 Å². The third-order valence-electron chi connectivity index (χ3n) is 3.77. The summed E-state index contributed by atoms with van der Waals surface area (Å²) in [4.78, 5) is 24.9. The summed E-state index contributed by atoms with van der Waals surface area (Å²) in [5.41, 5.74) is 6.45. The van der Waals surface area contributed by atoms with Gasteiger partial charge in [0.05, 0.1) is 12.1 Å². The maximum absolute atomic E-state index is 14.1. The highest BCUT2D eigenvalue weighted by Crippen LogP contribution is 2.24. The first-order valence-electron chi connectivity index (χ1n) is 8.17. The number of halogens is 1. The van der Waals surface area contributed by atoms with Crippen molar-refractivity contribution >= 4 is 11.8 Å². The van der Waals surface area contributed by atoms with E-state index < -0.39 is 11.7 Å². The van der Waals surface area contributed by atoms with Crippen molar-refractivity contribution in [2.24, 2.45) is 5.73 Å². The van der Waals surface area contributed by atoms with Gasteiger partial charge in [-0.2, -0.15) is 0 Å². The molecule has 7 heteroatoms. The summed E-state index contributed by atoms with van der Waals surface area (Å²) >= 11 is 0.